The number of aliphatic hydroxyl groups excluding tert-OH is 1. The highest BCUT2D eigenvalue weighted by molar-refractivity contribution is 4.75. The Kier molecular flexibility index (Phi) is 2.39. The second kappa shape index (κ2) is 2.98. The normalized spacial score (nSPS) is 27.8. The summed E-state index contributed by atoms with van der Waals surface area (Å²) in [6.45, 7) is -0.399. The lowest BCUT2D eigenvalue weighted by atomic mass is 10.3. The predicted octanol–water partition coefficient (Wildman–Crippen LogP) is 0.615. The van der Waals surface area contributed by atoms with E-state index in [0.29, 0.717) is 13.0 Å². The minimum Gasteiger partial charge on any atom is -0.392 e. The Labute approximate surface area is 62.6 Å². The molecule has 0 amide bonds. The van der Waals surface area contributed by atoms with Gasteiger partial charge >= 0.3 is 6.18 Å². The predicted molar refractivity (Wildman–Crippen MR) is 33.1 cm³/mol. The summed E-state index contributed by atoms with van der Waals surface area (Å²) in [4.78, 5) is 1.21. The molecule has 0 aromatic rings. The number of halogens is 3. The number of alkyl halides is 3. The van der Waals surface area contributed by atoms with E-state index >= 15 is 0 Å². The van der Waals surface area contributed by atoms with Gasteiger partial charge in [0.2, 0.25) is 0 Å². The Morgan fingerprint density at radius 1 is 1.45 bits per heavy atom. The van der Waals surface area contributed by atoms with Crippen LogP contribution < -0.4 is 0 Å². The summed E-state index contributed by atoms with van der Waals surface area (Å²) in [7, 11) is 0. The molecule has 0 saturated carbocycles. The Bertz CT molecular complexity index is 136. The molecule has 5 heteroatoms. The van der Waals surface area contributed by atoms with Gasteiger partial charge in [-0.1, -0.05) is 0 Å². The lowest BCUT2D eigenvalue weighted by Crippen LogP contribution is -2.32. The van der Waals surface area contributed by atoms with Gasteiger partial charge in [-0.3, -0.25) is 4.90 Å². The molecule has 1 atom stereocenters. The average molecular weight is 169 g/mol. The summed E-state index contributed by atoms with van der Waals surface area (Å²) in [5.41, 5.74) is 0. The molecule has 2 nitrogen and oxygen atoms in total. The molecule has 1 N–H and O–H groups in total. The first-order valence-corrected chi connectivity index (χ1v) is 3.44. The van der Waals surface area contributed by atoms with Crippen molar-refractivity contribution in [2.75, 3.05) is 19.6 Å². The fraction of sp³-hybridized carbons (Fsp3) is 1.00. The zero-order valence-corrected chi connectivity index (χ0v) is 5.93. The molecule has 0 aromatic heterocycles. The summed E-state index contributed by atoms with van der Waals surface area (Å²) in [5, 5.41) is 8.89. The second-order valence-corrected chi connectivity index (χ2v) is 2.79. The van der Waals surface area contributed by atoms with Gasteiger partial charge < -0.3 is 5.11 Å². The quantitative estimate of drug-likeness (QED) is 0.621. The molecular weight excluding hydrogens is 159 g/mol. The molecule has 66 valence electrons. The van der Waals surface area contributed by atoms with E-state index in [1.54, 1.807) is 0 Å². The van der Waals surface area contributed by atoms with Crippen molar-refractivity contribution < 1.29 is 18.3 Å². The van der Waals surface area contributed by atoms with Crippen LogP contribution in [0.2, 0.25) is 0 Å². The van der Waals surface area contributed by atoms with Crippen LogP contribution in [-0.2, 0) is 0 Å². The molecule has 11 heavy (non-hydrogen) atoms. The maximum atomic E-state index is 11.7. The van der Waals surface area contributed by atoms with Crippen molar-refractivity contribution in [2.24, 2.45) is 0 Å². The lowest BCUT2D eigenvalue weighted by Gasteiger charge is -2.16. The topological polar surface area (TPSA) is 23.5 Å². The number of hydrogen-bond donors (Lipinski definition) is 1. The van der Waals surface area contributed by atoms with Crippen LogP contribution in [0.4, 0.5) is 13.2 Å². The molecule has 1 aliphatic rings. The molecule has 1 saturated heterocycles. The molecule has 0 unspecified atom stereocenters. The highest BCUT2D eigenvalue weighted by atomic mass is 19.4. The van der Waals surface area contributed by atoms with Gasteiger partial charge in [-0.15, -0.1) is 0 Å². The Morgan fingerprint density at radius 3 is 2.45 bits per heavy atom. The van der Waals surface area contributed by atoms with Gasteiger partial charge in [-0.05, 0) is 6.42 Å². The number of β-amino-alcohol motifs (C(OH)–C–C–N with tert-alkyl or cyclic N) is 1. The minimum absolute atomic E-state index is 0.152. The van der Waals surface area contributed by atoms with Gasteiger partial charge in [0.05, 0.1) is 12.6 Å². The van der Waals surface area contributed by atoms with Gasteiger partial charge in [-0.25, -0.2) is 0 Å². The van der Waals surface area contributed by atoms with E-state index in [1.165, 1.54) is 4.90 Å². The van der Waals surface area contributed by atoms with Crippen LogP contribution in [0, 0.1) is 0 Å². The van der Waals surface area contributed by atoms with Crippen molar-refractivity contribution in [2.45, 2.75) is 18.7 Å². The number of aliphatic hydroxyl groups is 1. The third-order valence-electron chi connectivity index (χ3n) is 1.65. The lowest BCUT2D eigenvalue weighted by molar-refractivity contribution is -0.144. The van der Waals surface area contributed by atoms with Crippen LogP contribution in [0.1, 0.15) is 6.42 Å². The molecule has 1 heterocycles. The average Bonchev–Trinajstić information content (AvgIpc) is 2.10. The molecule has 1 fully saturated rings. The number of nitrogens with zero attached hydrogens (tertiary/aromatic N) is 1. The molecule has 0 bridgehead atoms. The van der Waals surface area contributed by atoms with Crippen LogP contribution >= 0.6 is 0 Å². The molecule has 1 aliphatic heterocycles. The van der Waals surface area contributed by atoms with Crippen LogP contribution in [0.3, 0.4) is 0 Å². The highest BCUT2D eigenvalue weighted by Crippen LogP contribution is 2.19. The van der Waals surface area contributed by atoms with E-state index in [4.69, 9.17) is 5.11 Å². The number of likely N-dealkylation sites (tertiary alicyclic amines) is 1. The highest BCUT2D eigenvalue weighted by Gasteiger charge is 2.33. The van der Waals surface area contributed by atoms with Gasteiger partial charge in [0.25, 0.3) is 0 Å². The van der Waals surface area contributed by atoms with Crippen molar-refractivity contribution >= 4 is 0 Å². The van der Waals surface area contributed by atoms with E-state index in [0.717, 1.165) is 0 Å². The maximum absolute atomic E-state index is 11.7. The first-order valence-electron chi connectivity index (χ1n) is 3.44. The van der Waals surface area contributed by atoms with E-state index in [2.05, 4.69) is 0 Å². The van der Waals surface area contributed by atoms with E-state index in [1.807, 2.05) is 0 Å². The largest absolute Gasteiger partial charge is 0.401 e. The second-order valence-electron chi connectivity index (χ2n) is 2.79. The molecule has 0 radical (unpaired) electrons. The summed E-state index contributed by atoms with van der Waals surface area (Å²) in [6, 6.07) is 0. The summed E-state index contributed by atoms with van der Waals surface area (Å²) < 4.78 is 35.1. The summed E-state index contributed by atoms with van der Waals surface area (Å²) in [5.74, 6) is 0. The zero-order chi connectivity index (χ0) is 8.48. The van der Waals surface area contributed by atoms with E-state index < -0.39 is 18.8 Å². The molecule has 1 rings (SSSR count). The monoisotopic (exact) mass is 169 g/mol. The van der Waals surface area contributed by atoms with Crippen molar-refractivity contribution in [3.8, 4) is 0 Å². The number of rotatable bonds is 1. The van der Waals surface area contributed by atoms with E-state index in [9.17, 15) is 13.2 Å². The Hall–Kier alpha value is -0.290. The third kappa shape index (κ3) is 3.07. The fourth-order valence-electron chi connectivity index (χ4n) is 1.21. The molecular formula is C6H10F3NO. The van der Waals surface area contributed by atoms with Crippen LogP contribution in [0.25, 0.3) is 0 Å². The molecule has 0 aromatic carbocycles. The van der Waals surface area contributed by atoms with Crippen molar-refractivity contribution in [1.29, 1.82) is 0 Å². The summed E-state index contributed by atoms with van der Waals surface area (Å²) in [6.07, 6.45) is -4.25. The van der Waals surface area contributed by atoms with Crippen LogP contribution in [0.5, 0.6) is 0 Å². The molecule has 0 aliphatic carbocycles. The van der Waals surface area contributed by atoms with Gasteiger partial charge in [0.15, 0.2) is 0 Å². The van der Waals surface area contributed by atoms with Gasteiger partial charge in [0, 0.05) is 13.1 Å². The van der Waals surface area contributed by atoms with Crippen molar-refractivity contribution in [3.63, 3.8) is 0 Å². The third-order valence-corrected chi connectivity index (χ3v) is 1.65. The minimum atomic E-state index is -4.13. The Balaban J connectivity index is 2.29. The standard InChI is InChI=1S/C6H10F3NO/c7-6(8,9)4-10-2-1-5(11)3-10/h5,11H,1-4H2/t5-/m1/s1. The first kappa shape index (κ1) is 8.80. The smallest absolute Gasteiger partial charge is 0.392 e. The Morgan fingerprint density at radius 2 is 2.09 bits per heavy atom. The zero-order valence-electron chi connectivity index (χ0n) is 5.93. The summed E-state index contributed by atoms with van der Waals surface area (Å²) >= 11 is 0. The molecule has 0 spiro atoms. The van der Waals surface area contributed by atoms with Crippen molar-refractivity contribution in [3.05, 3.63) is 0 Å². The van der Waals surface area contributed by atoms with E-state index in [-0.39, 0.29) is 6.54 Å². The van der Waals surface area contributed by atoms with Crippen LogP contribution in [0.15, 0.2) is 0 Å². The van der Waals surface area contributed by atoms with Crippen LogP contribution in [-0.4, -0.2) is 41.9 Å². The van der Waals surface area contributed by atoms with Gasteiger partial charge in [-0.2, -0.15) is 13.2 Å². The number of hydrogen-bond acceptors (Lipinski definition) is 2. The SMILES string of the molecule is O[C@@H]1CCN(CC(F)(F)F)C1. The van der Waals surface area contributed by atoms with Crippen molar-refractivity contribution in [1.82, 2.24) is 4.90 Å². The maximum Gasteiger partial charge on any atom is 0.401 e. The van der Waals surface area contributed by atoms with Gasteiger partial charge in [0.1, 0.15) is 0 Å². The first-order chi connectivity index (χ1) is 4.97. The fourth-order valence-corrected chi connectivity index (χ4v) is 1.21.